The second kappa shape index (κ2) is 11.1. The lowest BCUT2D eigenvalue weighted by Crippen LogP contribution is -2.54. The van der Waals surface area contributed by atoms with Crippen molar-refractivity contribution in [2.45, 2.75) is 13.0 Å². The third kappa shape index (κ3) is 4.79. The van der Waals surface area contributed by atoms with Crippen LogP contribution in [0.5, 0.6) is 0 Å². The van der Waals surface area contributed by atoms with Gasteiger partial charge in [-0.2, -0.15) is 4.98 Å². The smallest absolute Gasteiger partial charge is 0.352 e. The SMILES string of the molecule is C=CC(=O)N1CCN(c2nc(=O)n(-c3c(-c4ccccc4)ncnc3-c3ccccc3)c3nc(Cl)c(F)cc23)C[C@@H]1C. The average Bonchev–Trinajstić information content (AvgIpc) is 3.02. The first-order chi connectivity index (χ1) is 20.4. The number of aromatic nitrogens is 5. The van der Waals surface area contributed by atoms with Gasteiger partial charge in [-0.25, -0.2) is 28.7 Å². The number of halogens is 2. The van der Waals surface area contributed by atoms with Gasteiger partial charge < -0.3 is 9.80 Å². The highest BCUT2D eigenvalue weighted by Crippen LogP contribution is 2.35. The molecule has 210 valence electrons. The number of pyridine rings is 1. The van der Waals surface area contributed by atoms with Gasteiger partial charge in [-0.15, -0.1) is 0 Å². The molecule has 4 heterocycles. The maximum atomic E-state index is 15.0. The molecule has 1 amide bonds. The number of benzene rings is 2. The van der Waals surface area contributed by atoms with Crippen LogP contribution in [-0.4, -0.2) is 61.0 Å². The maximum absolute atomic E-state index is 15.0. The number of anilines is 1. The minimum atomic E-state index is -0.748. The molecule has 1 fully saturated rings. The molecule has 1 aliphatic heterocycles. The molecule has 9 nitrogen and oxygen atoms in total. The number of nitrogens with zero attached hydrogens (tertiary/aromatic N) is 7. The molecule has 6 rings (SSSR count). The van der Waals surface area contributed by atoms with Crippen molar-refractivity contribution in [1.29, 1.82) is 0 Å². The van der Waals surface area contributed by atoms with Crippen LogP contribution in [0.3, 0.4) is 0 Å². The van der Waals surface area contributed by atoms with Gasteiger partial charge >= 0.3 is 5.69 Å². The third-order valence-electron chi connectivity index (χ3n) is 7.28. The highest BCUT2D eigenvalue weighted by Gasteiger charge is 2.30. The molecule has 0 saturated carbocycles. The molecule has 1 saturated heterocycles. The van der Waals surface area contributed by atoms with Crippen LogP contribution >= 0.6 is 11.6 Å². The second-order valence-corrected chi connectivity index (χ2v) is 10.2. The summed E-state index contributed by atoms with van der Waals surface area (Å²) < 4.78 is 16.3. The first-order valence-electron chi connectivity index (χ1n) is 13.3. The minimum absolute atomic E-state index is 0.109. The van der Waals surface area contributed by atoms with E-state index in [0.717, 1.165) is 11.1 Å². The van der Waals surface area contributed by atoms with E-state index in [1.165, 1.54) is 23.0 Å². The maximum Gasteiger partial charge on any atom is 0.355 e. The fourth-order valence-corrected chi connectivity index (χ4v) is 5.46. The molecule has 5 aromatic rings. The van der Waals surface area contributed by atoms with Gasteiger partial charge in [0.25, 0.3) is 0 Å². The summed E-state index contributed by atoms with van der Waals surface area (Å²) in [4.78, 5) is 47.9. The van der Waals surface area contributed by atoms with Crippen LogP contribution in [-0.2, 0) is 4.79 Å². The third-order valence-corrected chi connectivity index (χ3v) is 7.55. The van der Waals surface area contributed by atoms with E-state index < -0.39 is 11.5 Å². The lowest BCUT2D eigenvalue weighted by Gasteiger charge is -2.40. The van der Waals surface area contributed by atoms with E-state index >= 15 is 0 Å². The molecule has 11 heteroatoms. The van der Waals surface area contributed by atoms with Crippen molar-refractivity contribution in [2.24, 2.45) is 0 Å². The molecule has 1 aliphatic rings. The van der Waals surface area contributed by atoms with Crippen molar-refractivity contribution in [3.05, 3.63) is 107 Å². The average molecular weight is 582 g/mol. The largest absolute Gasteiger partial charge is 0.355 e. The molecular weight excluding hydrogens is 557 g/mol. The molecular formula is C31H25ClFN7O2. The highest BCUT2D eigenvalue weighted by molar-refractivity contribution is 6.30. The zero-order valence-corrected chi connectivity index (χ0v) is 23.4. The number of amides is 1. The van der Waals surface area contributed by atoms with Crippen molar-refractivity contribution in [1.82, 2.24) is 29.4 Å². The van der Waals surface area contributed by atoms with Crippen LogP contribution in [0.4, 0.5) is 10.2 Å². The van der Waals surface area contributed by atoms with Gasteiger partial charge in [0.2, 0.25) is 5.91 Å². The van der Waals surface area contributed by atoms with E-state index in [9.17, 15) is 14.0 Å². The molecule has 0 spiro atoms. The Kier molecular flexibility index (Phi) is 7.22. The Morgan fingerprint density at radius 2 is 1.62 bits per heavy atom. The summed E-state index contributed by atoms with van der Waals surface area (Å²) in [5, 5.41) is -0.101. The molecule has 2 aromatic carbocycles. The fraction of sp³-hybridized carbons (Fsp3) is 0.161. The van der Waals surface area contributed by atoms with Gasteiger partial charge in [0.1, 0.15) is 17.8 Å². The van der Waals surface area contributed by atoms with Gasteiger partial charge in [0, 0.05) is 36.8 Å². The van der Waals surface area contributed by atoms with E-state index in [4.69, 9.17) is 11.6 Å². The summed E-state index contributed by atoms with van der Waals surface area (Å²) in [6, 6.07) is 19.8. The first kappa shape index (κ1) is 27.2. The standard InChI is InChI=1S/C31H25ClFN7O2/c1-3-24(41)39-15-14-38(17-19(39)2)29-22-16-23(33)28(32)36-30(22)40(31(42)37-29)27-25(20-10-6-4-7-11-20)34-18-35-26(27)21-12-8-5-9-13-21/h3-13,16,18-19H,1,14-15,17H2,2H3/t19-/m0/s1. The van der Waals surface area contributed by atoms with Crippen molar-refractivity contribution in [2.75, 3.05) is 24.5 Å². The van der Waals surface area contributed by atoms with E-state index in [-0.39, 0.29) is 34.0 Å². The minimum Gasteiger partial charge on any atom is -0.352 e. The lowest BCUT2D eigenvalue weighted by atomic mass is 10.0. The van der Waals surface area contributed by atoms with Crippen LogP contribution in [0.2, 0.25) is 5.15 Å². The molecule has 0 radical (unpaired) electrons. The fourth-order valence-electron chi connectivity index (χ4n) is 5.33. The summed E-state index contributed by atoms with van der Waals surface area (Å²) in [6.07, 6.45) is 2.72. The van der Waals surface area contributed by atoms with Crippen LogP contribution in [0, 0.1) is 5.82 Å². The quantitative estimate of drug-likeness (QED) is 0.215. The van der Waals surface area contributed by atoms with Gasteiger partial charge in [0.05, 0.1) is 16.8 Å². The number of carbonyl (C=O) groups excluding carboxylic acids is 1. The molecule has 0 unspecified atom stereocenters. The molecule has 0 N–H and O–H groups in total. The van der Waals surface area contributed by atoms with Crippen LogP contribution in [0.1, 0.15) is 6.92 Å². The molecule has 42 heavy (non-hydrogen) atoms. The Labute approximate surface area is 245 Å². The zero-order chi connectivity index (χ0) is 29.4. The predicted molar refractivity (Wildman–Crippen MR) is 160 cm³/mol. The van der Waals surface area contributed by atoms with Gasteiger partial charge in [-0.05, 0) is 19.1 Å². The Bertz CT molecular complexity index is 1820. The van der Waals surface area contributed by atoms with Crippen molar-refractivity contribution < 1.29 is 9.18 Å². The van der Waals surface area contributed by atoms with E-state index in [2.05, 4.69) is 26.5 Å². The summed E-state index contributed by atoms with van der Waals surface area (Å²) in [5.74, 6) is -0.672. The Morgan fingerprint density at radius 1 is 1.00 bits per heavy atom. The highest BCUT2D eigenvalue weighted by atomic mass is 35.5. The summed E-state index contributed by atoms with van der Waals surface area (Å²) in [6.45, 7) is 6.60. The normalized spacial score (nSPS) is 15.2. The number of hydrogen-bond donors (Lipinski definition) is 0. The Hall–Kier alpha value is -4.96. The monoisotopic (exact) mass is 581 g/mol. The molecule has 0 bridgehead atoms. The van der Waals surface area contributed by atoms with Crippen molar-refractivity contribution in [3.8, 4) is 28.2 Å². The zero-order valence-electron chi connectivity index (χ0n) is 22.6. The molecule has 3 aromatic heterocycles. The number of piperazine rings is 1. The number of hydrogen-bond acceptors (Lipinski definition) is 7. The van der Waals surface area contributed by atoms with Crippen LogP contribution < -0.4 is 10.6 Å². The number of carbonyl (C=O) groups is 1. The van der Waals surface area contributed by atoms with Crippen molar-refractivity contribution >= 4 is 34.4 Å². The molecule has 0 aliphatic carbocycles. The Balaban J connectivity index is 1.63. The van der Waals surface area contributed by atoms with Gasteiger partial charge in [-0.1, -0.05) is 78.8 Å². The number of rotatable bonds is 5. The van der Waals surface area contributed by atoms with Gasteiger partial charge in [0.15, 0.2) is 16.6 Å². The van der Waals surface area contributed by atoms with E-state index in [0.29, 0.717) is 36.7 Å². The topological polar surface area (TPSA) is 97.1 Å². The second-order valence-electron chi connectivity index (χ2n) is 9.87. The summed E-state index contributed by atoms with van der Waals surface area (Å²) in [7, 11) is 0. The summed E-state index contributed by atoms with van der Waals surface area (Å²) in [5.41, 5.74) is 2.20. The molecule has 1 atom stereocenters. The Morgan fingerprint density at radius 3 is 2.19 bits per heavy atom. The lowest BCUT2D eigenvalue weighted by molar-refractivity contribution is -0.128. The predicted octanol–water partition coefficient (Wildman–Crippen LogP) is 4.92. The first-order valence-corrected chi connectivity index (χ1v) is 13.7. The van der Waals surface area contributed by atoms with Crippen LogP contribution in [0.25, 0.3) is 39.2 Å². The number of fused-ring (bicyclic) bond motifs is 1. The van der Waals surface area contributed by atoms with Crippen LogP contribution in [0.15, 0.2) is 90.5 Å². The van der Waals surface area contributed by atoms with Crippen molar-refractivity contribution in [3.63, 3.8) is 0 Å². The summed E-state index contributed by atoms with van der Waals surface area (Å²) >= 11 is 6.22. The van der Waals surface area contributed by atoms with E-state index in [1.807, 2.05) is 72.5 Å². The van der Waals surface area contributed by atoms with Gasteiger partial charge in [-0.3, -0.25) is 4.79 Å². The van der Waals surface area contributed by atoms with E-state index in [1.54, 1.807) is 4.90 Å².